The van der Waals surface area contributed by atoms with E-state index in [1.54, 1.807) is 0 Å². The Kier molecular flexibility index (Phi) is 16.1. The Bertz CT molecular complexity index is 1460. The van der Waals surface area contributed by atoms with Crippen molar-refractivity contribution in [2.75, 3.05) is 23.8 Å². The summed E-state index contributed by atoms with van der Waals surface area (Å²) in [4.78, 5) is 18.3. The molecule has 0 radical (unpaired) electrons. The summed E-state index contributed by atoms with van der Waals surface area (Å²) in [6.07, 6.45) is 26.5. The number of hydrogen-bond acceptors (Lipinski definition) is 1. The van der Waals surface area contributed by atoms with E-state index in [0.29, 0.717) is 18.5 Å². The van der Waals surface area contributed by atoms with E-state index in [1.807, 2.05) is 0 Å². The third-order valence-corrected chi connectivity index (χ3v) is 16.4. The molecule has 1 amide bonds. The third-order valence-electron chi connectivity index (χ3n) is 11.5. The van der Waals surface area contributed by atoms with Gasteiger partial charge in [0, 0.05) is 19.4 Å². The molecule has 2 aliphatic rings. The Morgan fingerprint density at radius 2 is 1.35 bits per heavy atom. The van der Waals surface area contributed by atoms with E-state index in [2.05, 4.69) is 108 Å². The van der Waals surface area contributed by atoms with Gasteiger partial charge < -0.3 is 5.32 Å². The molecule has 5 nitrogen and oxygen atoms in total. The smallest absolute Gasteiger partial charge is 0.323 e. The highest BCUT2D eigenvalue weighted by Gasteiger charge is 2.36. The van der Waals surface area contributed by atoms with Gasteiger partial charge in [0.1, 0.15) is 0 Å². The van der Waals surface area contributed by atoms with E-state index in [4.69, 9.17) is 0 Å². The number of amides is 1. The van der Waals surface area contributed by atoms with Crippen LogP contribution in [0.4, 0.5) is 5.69 Å². The van der Waals surface area contributed by atoms with Gasteiger partial charge in [0.05, 0.1) is 36.7 Å². The number of rotatable bonds is 18. The van der Waals surface area contributed by atoms with Crippen LogP contribution in [0.15, 0.2) is 66.7 Å². The van der Waals surface area contributed by atoms with Crippen LogP contribution < -0.4 is 20.9 Å². The van der Waals surface area contributed by atoms with Gasteiger partial charge in [-0.05, 0) is 79.0 Å². The van der Waals surface area contributed by atoms with Crippen molar-refractivity contribution in [3.8, 4) is 0 Å². The maximum atomic E-state index is 14.4. The molecule has 0 bridgehead atoms. The Morgan fingerprint density at radius 1 is 0.745 bits per heavy atom. The highest BCUT2D eigenvalue weighted by Crippen LogP contribution is 2.63. The van der Waals surface area contributed by atoms with Crippen LogP contribution in [0.2, 0.25) is 0 Å². The zero-order valence-corrected chi connectivity index (χ0v) is 33.2. The van der Waals surface area contributed by atoms with Crippen LogP contribution in [0.1, 0.15) is 135 Å². The first-order valence-electron chi connectivity index (χ1n) is 20.9. The van der Waals surface area contributed by atoms with Crippen molar-refractivity contribution < 1.29 is 9.79 Å². The summed E-state index contributed by atoms with van der Waals surface area (Å²) in [6.45, 7) is 7.02. The quantitative estimate of drug-likeness (QED) is 0.0604. The van der Waals surface area contributed by atoms with E-state index < -0.39 is 13.3 Å². The summed E-state index contributed by atoms with van der Waals surface area (Å²) >= 11 is 0. The van der Waals surface area contributed by atoms with Crippen LogP contribution in [0.3, 0.4) is 0 Å². The molecule has 6 heteroatoms. The lowest BCUT2D eigenvalue weighted by Gasteiger charge is -2.28. The standard InChI is InChI=1S/C45H67N4OP/c1-4-7-31-51(32-8-5-2,33-9-6-3)35-36-27-29-41(30-28-36)46-44(50)43(34-38-21-18-20-37-19-16-17-26-42(37)38)49-45(47-39-22-12-10-13-23-39)48-40-24-14-11-15-25-40/h16-21,26-30,39-40,43H,4-15,22-25,31-35H2,1-3H3,(H2-,46,47,48,49,50)/p+2/t43-/m0/s1. The number of fused-ring (bicyclic) bond motifs is 1. The van der Waals surface area contributed by atoms with Crippen molar-refractivity contribution >= 4 is 35.6 Å². The molecule has 51 heavy (non-hydrogen) atoms. The summed E-state index contributed by atoms with van der Waals surface area (Å²) in [5.74, 6) is 0.954. The van der Waals surface area contributed by atoms with Crippen LogP contribution in [0.5, 0.6) is 0 Å². The van der Waals surface area contributed by atoms with Gasteiger partial charge in [-0.3, -0.25) is 20.4 Å². The van der Waals surface area contributed by atoms with Crippen LogP contribution in [-0.4, -0.2) is 48.5 Å². The van der Waals surface area contributed by atoms with Gasteiger partial charge in [0.2, 0.25) is 0 Å². The minimum absolute atomic E-state index is 0.0137. The van der Waals surface area contributed by atoms with E-state index in [9.17, 15) is 4.79 Å². The SMILES string of the molecule is CCCC[P+](CCCC)(CCCC)Cc1ccc(NC(=O)[C@H](Cc2cccc3ccccc23)NC(NC2CCCCC2)=[NH+]C2CCCCC2)cc1. The molecule has 3 aromatic rings. The van der Waals surface area contributed by atoms with E-state index >= 15 is 0 Å². The second kappa shape index (κ2) is 21.0. The summed E-state index contributed by atoms with van der Waals surface area (Å²) in [6, 6.07) is 24.4. The summed E-state index contributed by atoms with van der Waals surface area (Å²) in [7, 11) is -1.05. The third kappa shape index (κ3) is 12.3. The average molecular weight is 713 g/mol. The van der Waals surface area contributed by atoms with Crippen LogP contribution in [0, 0.1) is 0 Å². The minimum atomic E-state index is -1.05. The zero-order chi connectivity index (χ0) is 35.7. The molecular weight excluding hydrogens is 643 g/mol. The van der Waals surface area contributed by atoms with E-state index in [1.165, 1.54) is 149 Å². The first kappa shape index (κ1) is 39.3. The van der Waals surface area contributed by atoms with Crippen LogP contribution in [-0.2, 0) is 17.4 Å². The average Bonchev–Trinajstić information content (AvgIpc) is 3.16. The monoisotopic (exact) mass is 713 g/mol. The highest BCUT2D eigenvalue weighted by molar-refractivity contribution is 7.75. The number of anilines is 1. The first-order valence-corrected chi connectivity index (χ1v) is 23.4. The Labute approximate surface area is 311 Å². The first-order chi connectivity index (χ1) is 25.0. The maximum Gasteiger partial charge on any atom is 0.344 e. The van der Waals surface area contributed by atoms with Crippen molar-refractivity contribution in [3.05, 3.63) is 77.9 Å². The molecule has 4 N–H and O–H groups in total. The van der Waals surface area contributed by atoms with Crippen molar-refractivity contribution in [2.24, 2.45) is 0 Å². The molecule has 0 spiro atoms. The number of benzene rings is 3. The molecule has 2 fully saturated rings. The molecule has 0 aromatic heterocycles. The molecule has 0 aliphatic heterocycles. The van der Waals surface area contributed by atoms with Gasteiger partial charge in [-0.25, -0.2) is 0 Å². The molecule has 0 heterocycles. The second-order valence-corrected chi connectivity index (χ2v) is 20.1. The lowest BCUT2D eigenvalue weighted by atomic mass is 9.95. The molecule has 0 saturated heterocycles. The normalized spacial score (nSPS) is 17.0. The number of guanidine groups is 1. The molecule has 278 valence electrons. The number of nitrogens with one attached hydrogen (secondary N) is 4. The van der Waals surface area contributed by atoms with Gasteiger partial charge in [-0.1, -0.05) is 133 Å². The molecule has 0 unspecified atom stereocenters. The number of carbonyl (C=O) groups excluding carboxylic acids is 1. The fraction of sp³-hybridized carbons (Fsp3) is 0.600. The van der Waals surface area contributed by atoms with E-state index in [-0.39, 0.29) is 5.91 Å². The zero-order valence-electron chi connectivity index (χ0n) is 32.3. The topological polar surface area (TPSA) is 67.1 Å². The molecule has 1 atom stereocenters. The fourth-order valence-electron chi connectivity index (χ4n) is 8.46. The number of unbranched alkanes of at least 4 members (excludes halogenated alkanes) is 3. The predicted molar refractivity (Wildman–Crippen MR) is 222 cm³/mol. The predicted octanol–water partition coefficient (Wildman–Crippen LogP) is 9.59. The number of hydrogen-bond donors (Lipinski definition) is 4. The molecule has 2 aliphatic carbocycles. The van der Waals surface area contributed by atoms with Gasteiger partial charge in [-0.2, -0.15) is 0 Å². The largest absolute Gasteiger partial charge is 0.344 e. The fourth-order valence-corrected chi connectivity index (χ4v) is 13.6. The Hall–Kier alpha value is -2.91. The Balaban J connectivity index is 1.37. The van der Waals surface area contributed by atoms with Crippen LogP contribution in [0.25, 0.3) is 10.8 Å². The van der Waals surface area contributed by atoms with Crippen molar-refractivity contribution in [2.45, 2.75) is 154 Å². The Morgan fingerprint density at radius 3 is 2.00 bits per heavy atom. The highest BCUT2D eigenvalue weighted by atomic mass is 31.2. The molecular formula is C45H69N4OP+2. The van der Waals surface area contributed by atoms with Crippen LogP contribution >= 0.6 is 7.26 Å². The lowest BCUT2D eigenvalue weighted by molar-refractivity contribution is -0.512. The number of carbonyl (C=O) groups is 1. The van der Waals surface area contributed by atoms with Crippen molar-refractivity contribution in [1.82, 2.24) is 10.6 Å². The molecule has 2 saturated carbocycles. The maximum absolute atomic E-state index is 14.4. The van der Waals surface area contributed by atoms with E-state index in [0.717, 1.165) is 11.6 Å². The van der Waals surface area contributed by atoms with Crippen molar-refractivity contribution in [3.63, 3.8) is 0 Å². The summed E-state index contributed by atoms with van der Waals surface area (Å²) < 4.78 is 0. The molecule has 3 aromatic carbocycles. The van der Waals surface area contributed by atoms with Gasteiger partial charge >= 0.3 is 5.96 Å². The van der Waals surface area contributed by atoms with Gasteiger partial charge in [0.25, 0.3) is 5.91 Å². The summed E-state index contributed by atoms with van der Waals surface area (Å²) in [5.41, 5.74) is 3.52. The summed E-state index contributed by atoms with van der Waals surface area (Å²) in [5, 5.41) is 13.4. The second-order valence-electron chi connectivity index (χ2n) is 15.8. The molecule has 5 rings (SSSR count). The lowest BCUT2D eigenvalue weighted by Crippen LogP contribution is -2.86. The van der Waals surface area contributed by atoms with Gasteiger partial charge in [-0.15, -0.1) is 0 Å². The van der Waals surface area contributed by atoms with Gasteiger partial charge in [0.15, 0.2) is 6.04 Å². The van der Waals surface area contributed by atoms with Crippen molar-refractivity contribution in [1.29, 1.82) is 0 Å². The minimum Gasteiger partial charge on any atom is -0.323 e.